The maximum atomic E-state index is 11.8. The molecule has 0 radical (unpaired) electrons. The van der Waals surface area contributed by atoms with Crippen LogP contribution >= 0.6 is 0 Å². The Kier molecular flexibility index (Phi) is 5.45. The van der Waals surface area contributed by atoms with Crippen molar-refractivity contribution < 1.29 is 18.7 Å². The first kappa shape index (κ1) is 16.5. The number of fused-ring (bicyclic) bond motifs is 1. The van der Waals surface area contributed by atoms with Gasteiger partial charge in [-0.1, -0.05) is 0 Å². The maximum Gasteiger partial charge on any atom is 0.336 e. The van der Waals surface area contributed by atoms with Crippen LogP contribution in [0.5, 0.6) is 5.75 Å². The van der Waals surface area contributed by atoms with E-state index < -0.39 is 5.63 Å². The van der Waals surface area contributed by atoms with Crippen LogP contribution in [0.25, 0.3) is 11.0 Å². The molecule has 0 spiro atoms. The number of amides is 1. The van der Waals surface area contributed by atoms with Crippen LogP contribution in [0.1, 0.15) is 0 Å². The zero-order valence-electron chi connectivity index (χ0n) is 13.3. The number of carbonyl (C=O) groups excluding carboxylic acids is 1. The SMILES string of the molecule is O=C(COc1ccc2ccc(=O)oc2c1)NCCN1CCOCC1. The van der Waals surface area contributed by atoms with E-state index in [1.807, 2.05) is 0 Å². The normalized spacial score (nSPS) is 15.3. The molecule has 0 unspecified atom stereocenters. The number of benzene rings is 1. The minimum atomic E-state index is -0.416. The molecule has 1 amide bonds. The number of hydrogen-bond donors (Lipinski definition) is 1. The molecule has 0 atom stereocenters. The summed E-state index contributed by atoms with van der Waals surface area (Å²) < 4.78 is 15.8. The van der Waals surface area contributed by atoms with Crippen LogP contribution in [0.2, 0.25) is 0 Å². The van der Waals surface area contributed by atoms with E-state index in [0.717, 1.165) is 38.2 Å². The second-order valence-corrected chi connectivity index (χ2v) is 5.55. The third-order valence-corrected chi connectivity index (χ3v) is 3.82. The molecule has 128 valence electrons. The van der Waals surface area contributed by atoms with Gasteiger partial charge in [0.05, 0.1) is 13.2 Å². The van der Waals surface area contributed by atoms with Crippen LogP contribution < -0.4 is 15.7 Å². The Bertz CT molecular complexity index is 752. The molecule has 1 saturated heterocycles. The van der Waals surface area contributed by atoms with Crippen LogP contribution in [-0.2, 0) is 9.53 Å². The van der Waals surface area contributed by atoms with Gasteiger partial charge in [-0.2, -0.15) is 0 Å². The summed E-state index contributed by atoms with van der Waals surface area (Å²) in [5.74, 6) is 0.304. The van der Waals surface area contributed by atoms with E-state index in [1.165, 1.54) is 6.07 Å². The largest absolute Gasteiger partial charge is 0.484 e. The fourth-order valence-corrected chi connectivity index (χ4v) is 2.51. The maximum absolute atomic E-state index is 11.8. The van der Waals surface area contributed by atoms with Crippen molar-refractivity contribution in [3.05, 3.63) is 40.8 Å². The third-order valence-electron chi connectivity index (χ3n) is 3.82. The summed E-state index contributed by atoms with van der Waals surface area (Å²) in [6.07, 6.45) is 0. The second-order valence-electron chi connectivity index (χ2n) is 5.55. The second kappa shape index (κ2) is 7.94. The highest BCUT2D eigenvalue weighted by Crippen LogP contribution is 2.19. The molecule has 2 heterocycles. The Balaban J connectivity index is 1.44. The first-order chi connectivity index (χ1) is 11.7. The summed E-state index contributed by atoms with van der Waals surface area (Å²) >= 11 is 0. The lowest BCUT2D eigenvalue weighted by Gasteiger charge is -2.26. The lowest BCUT2D eigenvalue weighted by Crippen LogP contribution is -2.42. The molecule has 3 rings (SSSR count). The first-order valence-corrected chi connectivity index (χ1v) is 7.94. The molecule has 1 aromatic carbocycles. The van der Waals surface area contributed by atoms with E-state index in [1.54, 1.807) is 24.3 Å². The average Bonchev–Trinajstić information content (AvgIpc) is 2.60. The van der Waals surface area contributed by atoms with Crippen molar-refractivity contribution in [2.24, 2.45) is 0 Å². The molecule has 1 aliphatic heterocycles. The number of nitrogens with one attached hydrogen (secondary N) is 1. The molecule has 1 N–H and O–H groups in total. The van der Waals surface area contributed by atoms with Crippen LogP contribution in [-0.4, -0.2) is 56.8 Å². The molecule has 1 fully saturated rings. The van der Waals surface area contributed by atoms with Crippen LogP contribution in [0, 0.1) is 0 Å². The Morgan fingerprint density at radius 1 is 1.21 bits per heavy atom. The van der Waals surface area contributed by atoms with Gasteiger partial charge in [-0.3, -0.25) is 9.69 Å². The van der Waals surface area contributed by atoms with Gasteiger partial charge >= 0.3 is 5.63 Å². The summed E-state index contributed by atoms with van der Waals surface area (Å²) in [4.78, 5) is 25.3. The average molecular weight is 332 g/mol. The number of rotatable bonds is 6. The lowest BCUT2D eigenvalue weighted by molar-refractivity contribution is -0.123. The van der Waals surface area contributed by atoms with E-state index in [0.29, 0.717) is 17.9 Å². The van der Waals surface area contributed by atoms with Crippen LogP contribution in [0.3, 0.4) is 0 Å². The zero-order valence-corrected chi connectivity index (χ0v) is 13.3. The highest BCUT2D eigenvalue weighted by atomic mass is 16.5. The van der Waals surface area contributed by atoms with E-state index >= 15 is 0 Å². The predicted molar refractivity (Wildman–Crippen MR) is 88.2 cm³/mol. The minimum Gasteiger partial charge on any atom is -0.484 e. The van der Waals surface area contributed by atoms with E-state index in [2.05, 4.69) is 10.2 Å². The van der Waals surface area contributed by atoms with Gasteiger partial charge in [-0.15, -0.1) is 0 Å². The monoisotopic (exact) mass is 332 g/mol. The predicted octanol–water partition coefficient (Wildman–Crippen LogP) is 0.620. The fraction of sp³-hybridized carbons (Fsp3) is 0.412. The van der Waals surface area contributed by atoms with Gasteiger partial charge in [-0.25, -0.2) is 4.79 Å². The number of morpholine rings is 1. The van der Waals surface area contributed by atoms with Crippen molar-refractivity contribution in [3.63, 3.8) is 0 Å². The van der Waals surface area contributed by atoms with Gasteiger partial charge in [-0.05, 0) is 18.2 Å². The van der Waals surface area contributed by atoms with E-state index in [9.17, 15) is 9.59 Å². The van der Waals surface area contributed by atoms with Gasteiger partial charge in [0.1, 0.15) is 11.3 Å². The summed E-state index contributed by atoms with van der Waals surface area (Å²) in [7, 11) is 0. The molecule has 7 heteroatoms. The lowest BCUT2D eigenvalue weighted by atomic mass is 10.2. The fourth-order valence-electron chi connectivity index (χ4n) is 2.51. The molecular weight excluding hydrogens is 312 g/mol. The molecule has 0 bridgehead atoms. The zero-order chi connectivity index (χ0) is 16.8. The smallest absolute Gasteiger partial charge is 0.336 e. The van der Waals surface area contributed by atoms with E-state index in [4.69, 9.17) is 13.9 Å². The summed E-state index contributed by atoms with van der Waals surface area (Å²) in [6, 6.07) is 8.18. The Morgan fingerprint density at radius 2 is 2.00 bits per heavy atom. The van der Waals surface area contributed by atoms with Crippen molar-refractivity contribution in [1.29, 1.82) is 0 Å². The van der Waals surface area contributed by atoms with Crippen molar-refractivity contribution in [1.82, 2.24) is 10.2 Å². The Hall–Kier alpha value is -2.38. The van der Waals surface area contributed by atoms with Crippen LogP contribution in [0.4, 0.5) is 0 Å². The highest BCUT2D eigenvalue weighted by Gasteiger charge is 2.10. The summed E-state index contributed by atoms with van der Waals surface area (Å²) in [6.45, 7) is 4.59. The minimum absolute atomic E-state index is 0.0777. The molecule has 0 aliphatic carbocycles. The number of carbonyl (C=O) groups is 1. The Morgan fingerprint density at radius 3 is 2.83 bits per heavy atom. The standard InChI is InChI=1S/C17H20N2O5/c20-16(18-5-6-19-7-9-22-10-8-19)12-23-14-3-1-13-2-4-17(21)24-15(13)11-14/h1-4,11H,5-10,12H2,(H,18,20). The van der Waals surface area contributed by atoms with Crippen LogP contribution in [0.15, 0.2) is 39.5 Å². The van der Waals surface area contributed by atoms with Crippen molar-refractivity contribution in [2.45, 2.75) is 0 Å². The quantitative estimate of drug-likeness (QED) is 0.781. The summed E-state index contributed by atoms with van der Waals surface area (Å²) in [5, 5.41) is 3.63. The number of ether oxygens (including phenoxy) is 2. The molecule has 24 heavy (non-hydrogen) atoms. The Labute approximate surface area is 139 Å². The van der Waals surface area contributed by atoms with Gasteiger partial charge in [0.15, 0.2) is 6.61 Å². The van der Waals surface area contributed by atoms with Gasteiger partial charge in [0.25, 0.3) is 5.91 Å². The molecule has 1 aliphatic rings. The van der Waals surface area contributed by atoms with Crippen molar-refractivity contribution >= 4 is 16.9 Å². The van der Waals surface area contributed by atoms with Gasteiger partial charge in [0.2, 0.25) is 0 Å². The van der Waals surface area contributed by atoms with E-state index in [-0.39, 0.29) is 12.5 Å². The molecule has 2 aromatic rings. The topological polar surface area (TPSA) is 81.0 Å². The molecule has 0 saturated carbocycles. The first-order valence-electron chi connectivity index (χ1n) is 7.94. The number of hydrogen-bond acceptors (Lipinski definition) is 6. The molecule has 7 nitrogen and oxygen atoms in total. The van der Waals surface area contributed by atoms with Gasteiger partial charge < -0.3 is 19.2 Å². The molecule has 1 aromatic heterocycles. The molecular formula is C17H20N2O5. The van der Waals surface area contributed by atoms with Gasteiger partial charge in [0, 0.05) is 43.7 Å². The number of nitrogens with zero attached hydrogens (tertiary/aromatic N) is 1. The van der Waals surface area contributed by atoms with Crippen molar-refractivity contribution in [2.75, 3.05) is 46.0 Å². The third kappa shape index (κ3) is 4.56. The summed E-state index contributed by atoms with van der Waals surface area (Å²) in [5.41, 5.74) is 0.0215. The van der Waals surface area contributed by atoms with Crippen molar-refractivity contribution in [3.8, 4) is 5.75 Å². The highest BCUT2D eigenvalue weighted by molar-refractivity contribution is 5.79.